The van der Waals surface area contributed by atoms with Gasteiger partial charge in [0.15, 0.2) is 17.3 Å². The van der Waals surface area contributed by atoms with E-state index in [1.165, 1.54) is 12.1 Å². The fourth-order valence-electron chi connectivity index (χ4n) is 4.12. The van der Waals surface area contributed by atoms with E-state index in [9.17, 15) is 17.6 Å². The lowest BCUT2D eigenvalue weighted by molar-refractivity contribution is -0.223. The Morgan fingerprint density at radius 3 is 2.37 bits per heavy atom. The Morgan fingerprint density at radius 2 is 1.80 bits per heavy atom. The van der Waals surface area contributed by atoms with E-state index in [0.717, 1.165) is 31.7 Å². The fraction of sp³-hybridized carbons (Fsp3) is 0.652. The average Bonchev–Trinajstić information content (AvgIpc) is 2.74. The van der Waals surface area contributed by atoms with Crippen molar-refractivity contribution >= 4 is 5.83 Å². The van der Waals surface area contributed by atoms with E-state index in [4.69, 9.17) is 14.2 Å². The van der Waals surface area contributed by atoms with Gasteiger partial charge in [-0.25, -0.2) is 17.6 Å². The molecule has 2 atom stereocenters. The summed E-state index contributed by atoms with van der Waals surface area (Å²) in [5.41, 5.74) is -1.51. The van der Waals surface area contributed by atoms with E-state index < -0.39 is 29.4 Å². The maximum Gasteiger partial charge on any atom is 0.214 e. The van der Waals surface area contributed by atoms with Gasteiger partial charge in [-0.3, -0.25) is 0 Å². The topological polar surface area (TPSA) is 27.7 Å². The van der Waals surface area contributed by atoms with Gasteiger partial charge in [-0.05, 0) is 37.3 Å². The maximum absolute atomic E-state index is 14.7. The highest BCUT2D eigenvalue weighted by Crippen LogP contribution is 2.35. The molecule has 0 radical (unpaired) electrons. The molecular weight excluding hydrogens is 400 g/mol. The summed E-state index contributed by atoms with van der Waals surface area (Å²) in [4.78, 5) is 0. The van der Waals surface area contributed by atoms with Gasteiger partial charge in [-0.2, -0.15) is 0 Å². The Balaban J connectivity index is 1.67. The van der Waals surface area contributed by atoms with Gasteiger partial charge in [0.05, 0.1) is 25.9 Å². The second-order valence-corrected chi connectivity index (χ2v) is 8.27. The van der Waals surface area contributed by atoms with Crippen LogP contribution in [-0.4, -0.2) is 37.9 Å². The van der Waals surface area contributed by atoms with Crippen molar-refractivity contribution in [2.75, 3.05) is 19.8 Å². The van der Waals surface area contributed by atoms with Crippen molar-refractivity contribution in [1.29, 1.82) is 0 Å². The monoisotopic (exact) mass is 430 g/mol. The van der Waals surface area contributed by atoms with Gasteiger partial charge in [-0.15, -0.1) is 0 Å². The SMILES string of the molecule is CCCC1CCC(c2ccc(/C(F)=C(\F)C3OCC(F)(CCC)CO3)cc2F)CO1. The van der Waals surface area contributed by atoms with Crippen molar-refractivity contribution in [3.8, 4) is 0 Å². The largest absolute Gasteiger partial charge is 0.378 e. The normalized spacial score (nSPS) is 30.8. The van der Waals surface area contributed by atoms with Crippen LogP contribution in [0.3, 0.4) is 0 Å². The minimum Gasteiger partial charge on any atom is -0.378 e. The summed E-state index contributed by atoms with van der Waals surface area (Å²) in [6.45, 7) is 3.58. The fourth-order valence-corrected chi connectivity index (χ4v) is 4.12. The second-order valence-electron chi connectivity index (χ2n) is 8.27. The first-order valence-corrected chi connectivity index (χ1v) is 10.8. The molecule has 2 fully saturated rings. The quantitative estimate of drug-likeness (QED) is 0.470. The van der Waals surface area contributed by atoms with Crippen molar-refractivity contribution in [2.45, 2.75) is 76.4 Å². The van der Waals surface area contributed by atoms with Gasteiger partial charge < -0.3 is 14.2 Å². The summed E-state index contributed by atoms with van der Waals surface area (Å²) in [6, 6.07) is 3.79. The lowest BCUT2D eigenvalue weighted by Crippen LogP contribution is -2.44. The smallest absolute Gasteiger partial charge is 0.214 e. The number of benzene rings is 1. The van der Waals surface area contributed by atoms with Gasteiger partial charge in [0.25, 0.3) is 0 Å². The van der Waals surface area contributed by atoms with E-state index in [1.54, 1.807) is 0 Å². The zero-order chi connectivity index (χ0) is 21.7. The molecule has 0 saturated carbocycles. The number of rotatable bonds is 7. The van der Waals surface area contributed by atoms with E-state index in [0.29, 0.717) is 18.6 Å². The van der Waals surface area contributed by atoms with Gasteiger partial charge in [0.1, 0.15) is 5.82 Å². The van der Waals surface area contributed by atoms with Crippen molar-refractivity contribution in [3.63, 3.8) is 0 Å². The van der Waals surface area contributed by atoms with Crippen LogP contribution in [0.5, 0.6) is 0 Å². The van der Waals surface area contributed by atoms with E-state index >= 15 is 0 Å². The molecule has 0 aromatic heterocycles. The second kappa shape index (κ2) is 10.2. The molecule has 168 valence electrons. The number of hydrogen-bond acceptors (Lipinski definition) is 3. The van der Waals surface area contributed by atoms with Gasteiger partial charge in [-0.1, -0.05) is 38.8 Å². The Labute approximate surface area is 175 Å². The van der Waals surface area contributed by atoms with Crippen molar-refractivity contribution in [2.24, 2.45) is 0 Å². The minimum atomic E-state index is -1.70. The highest BCUT2D eigenvalue weighted by atomic mass is 19.2. The Kier molecular flexibility index (Phi) is 7.93. The number of alkyl halides is 1. The highest BCUT2D eigenvalue weighted by Gasteiger charge is 2.38. The first-order valence-electron chi connectivity index (χ1n) is 10.8. The zero-order valence-electron chi connectivity index (χ0n) is 17.6. The molecular formula is C23H30F4O3. The molecule has 0 amide bonds. The molecule has 1 aromatic rings. The number of halogens is 4. The first-order chi connectivity index (χ1) is 14.4. The molecule has 2 unspecified atom stereocenters. The third-order valence-electron chi connectivity index (χ3n) is 5.78. The van der Waals surface area contributed by atoms with Gasteiger partial charge in [0, 0.05) is 11.5 Å². The zero-order valence-corrected chi connectivity index (χ0v) is 17.6. The van der Waals surface area contributed by atoms with Crippen LogP contribution in [0, 0.1) is 5.82 Å². The summed E-state index contributed by atoms with van der Waals surface area (Å²) >= 11 is 0. The van der Waals surface area contributed by atoms with Crippen LogP contribution in [0.25, 0.3) is 5.83 Å². The molecule has 30 heavy (non-hydrogen) atoms. The summed E-state index contributed by atoms with van der Waals surface area (Å²) in [7, 11) is 0. The van der Waals surface area contributed by atoms with E-state index in [-0.39, 0.29) is 37.2 Å². The maximum atomic E-state index is 14.7. The van der Waals surface area contributed by atoms with E-state index in [1.807, 2.05) is 6.92 Å². The summed E-state index contributed by atoms with van der Waals surface area (Å²) in [6.07, 6.45) is 3.04. The molecule has 0 spiro atoms. The molecule has 2 heterocycles. The molecule has 0 N–H and O–H groups in total. The lowest BCUT2D eigenvalue weighted by Gasteiger charge is -2.33. The first kappa shape index (κ1) is 23.2. The molecule has 3 nitrogen and oxygen atoms in total. The van der Waals surface area contributed by atoms with Crippen molar-refractivity contribution < 1.29 is 31.8 Å². The third kappa shape index (κ3) is 5.42. The number of hydrogen-bond donors (Lipinski definition) is 0. The van der Waals surface area contributed by atoms with Crippen LogP contribution in [-0.2, 0) is 14.2 Å². The van der Waals surface area contributed by atoms with Crippen LogP contribution >= 0.6 is 0 Å². The third-order valence-corrected chi connectivity index (χ3v) is 5.78. The van der Waals surface area contributed by atoms with E-state index in [2.05, 4.69) is 6.92 Å². The average molecular weight is 430 g/mol. The van der Waals surface area contributed by atoms with Crippen LogP contribution in [0.4, 0.5) is 17.6 Å². The molecule has 0 aliphatic carbocycles. The van der Waals surface area contributed by atoms with Crippen molar-refractivity contribution in [1.82, 2.24) is 0 Å². The molecule has 2 saturated heterocycles. The molecule has 3 rings (SSSR count). The summed E-state index contributed by atoms with van der Waals surface area (Å²) in [5, 5.41) is 0. The van der Waals surface area contributed by atoms with Gasteiger partial charge in [0.2, 0.25) is 6.29 Å². The minimum absolute atomic E-state index is 0.106. The van der Waals surface area contributed by atoms with Crippen LogP contribution in [0.15, 0.2) is 24.0 Å². The molecule has 0 bridgehead atoms. The molecule has 2 aliphatic heterocycles. The molecule has 7 heteroatoms. The molecule has 2 aliphatic rings. The van der Waals surface area contributed by atoms with Crippen LogP contribution in [0.1, 0.15) is 69.4 Å². The lowest BCUT2D eigenvalue weighted by atomic mass is 9.89. The predicted octanol–water partition coefficient (Wildman–Crippen LogP) is 6.38. The Bertz CT molecular complexity index is 736. The Hall–Kier alpha value is -1.44. The van der Waals surface area contributed by atoms with Crippen LogP contribution in [0.2, 0.25) is 0 Å². The number of ether oxygens (including phenoxy) is 3. The van der Waals surface area contributed by atoms with Crippen molar-refractivity contribution in [3.05, 3.63) is 41.0 Å². The standard InChI is InChI=1S/C23H30F4O3/c1-3-5-17-8-6-16(12-28-17)18-9-7-15(11-19(18)24)20(25)21(26)22-29-13-23(27,10-4-2)14-30-22/h7,9,11,16-17,22H,3-6,8,10,12-14H2,1-2H3/b21-20+. The highest BCUT2D eigenvalue weighted by molar-refractivity contribution is 5.62. The predicted molar refractivity (Wildman–Crippen MR) is 107 cm³/mol. The van der Waals surface area contributed by atoms with Gasteiger partial charge >= 0.3 is 0 Å². The molecule has 1 aromatic carbocycles. The summed E-state index contributed by atoms with van der Waals surface area (Å²) in [5.74, 6) is -3.29. The summed E-state index contributed by atoms with van der Waals surface area (Å²) < 4.78 is 74.0. The van der Waals surface area contributed by atoms with Crippen LogP contribution < -0.4 is 0 Å². The Morgan fingerprint density at radius 1 is 1.07 bits per heavy atom.